The summed E-state index contributed by atoms with van der Waals surface area (Å²) in [6.45, 7) is 6.11. The Labute approximate surface area is 164 Å². The summed E-state index contributed by atoms with van der Waals surface area (Å²) < 4.78 is 0. The van der Waals surface area contributed by atoms with Gasteiger partial charge in [0.2, 0.25) is 0 Å². The van der Waals surface area contributed by atoms with Crippen molar-refractivity contribution in [2.45, 2.75) is 39.5 Å². The second-order valence-electron chi connectivity index (χ2n) is 6.50. The molecule has 0 bridgehead atoms. The number of anilines is 1. The highest BCUT2D eigenvalue weighted by Crippen LogP contribution is 2.35. The zero-order valence-electron chi connectivity index (χ0n) is 16.2. The Kier molecular flexibility index (Phi) is 7.74. The molecule has 0 heterocycles. The predicted octanol–water partition coefficient (Wildman–Crippen LogP) is 5.83. The first-order valence-corrected chi connectivity index (χ1v) is 9.43. The molecule has 0 spiro atoms. The normalized spacial score (nSPS) is 11.1. The Morgan fingerprint density at radius 3 is 2.14 bits per heavy atom. The molecular weight excluding hydrogens is 360 g/mol. The van der Waals surface area contributed by atoms with Gasteiger partial charge >= 0.3 is 0 Å². The van der Waals surface area contributed by atoms with Crippen LogP contribution in [-0.4, -0.2) is 28.2 Å². The Morgan fingerprint density at radius 1 is 0.929 bits per heavy atom. The molecule has 0 saturated heterocycles. The number of nitro benzene ring substituents is 1. The minimum absolute atomic E-state index is 0.0369. The zero-order chi connectivity index (χ0) is 20.5. The number of phenols is 2. The summed E-state index contributed by atoms with van der Waals surface area (Å²) >= 11 is 0. The van der Waals surface area contributed by atoms with Crippen LogP contribution in [0.15, 0.2) is 46.6 Å². The van der Waals surface area contributed by atoms with E-state index in [1.54, 1.807) is 12.1 Å². The Balaban J connectivity index is 2.22. The lowest BCUT2D eigenvalue weighted by molar-refractivity contribution is -0.384. The van der Waals surface area contributed by atoms with Crippen LogP contribution in [0, 0.1) is 10.1 Å². The molecule has 2 aromatic rings. The van der Waals surface area contributed by atoms with Gasteiger partial charge in [0.25, 0.3) is 5.69 Å². The van der Waals surface area contributed by atoms with Gasteiger partial charge in [-0.05, 0) is 31.0 Å². The summed E-state index contributed by atoms with van der Waals surface area (Å²) in [5, 5.41) is 38.8. The zero-order valence-corrected chi connectivity index (χ0v) is 16.2. The van der Waals surface area contributed by atoms with E-state index in [-0.39, 0.29) is 28.6 Å². The van der Waals surface area contributed by atoms with Gasteiger partial charge in [0.05, 0.1) is 4.92 Å². The fraction of sp³-hybridized carbons (Fsp3) is 0.400. The third kappa shape index (κ3) is 5.67. The number of hydrogen-bond acceptors (Lipinski definition) is 7. The Morgan fingerprint density at radius 2 is 1.57 bits per heavy atom. The molecular formula is C20H26N4O4. The number of rotatable bonds is 10. The highest BCUT2D eigenvalue weighted by atomic mass is 16.6. The van der Waals surface area contributed by atoms with Gasteiger partial charge in [-0.25, -0.2) is 0 Å². The van der Waals surface area contributed by atoms with E-state index in [1.807, 2.05) is 6.07 Å². The van der Waals surface area contributed by atoms with Crippen LogP contribution in [0.5, 0.6) is 11.5 Å². The van der Waals surface area contributed by atoms with Crippen molar-refractivity contribution >= 4 is 22.7 Å². The Hall–Kier alpha value is -3.16. The molecule has 0 unspecified atom stereocenters. The summed E-state index contributed by atoms with van der Waals surface area (Å²) in [4.78, 5) is 12.5. The summed E-state index contributed by atoms with van der Waals surface area (Å²) in [6, 6.07) is 8.66. The number of non-ortho nitro benzene ring substituents is 1. The van der Waals surface area contributed by atoms with E-state index < -0.39 is 4.92 Å². The minimum Gasteiger partial charge on any atom is -0.506 e. The van der Waals surface area contributed by atoms with Gasteiger partial charge in [-0.1, -0.05) is 26.7 Å². The molecule has 150 valence electrons. The second-order valence-corrected chi connectivity index (χ2v) is 6.50. The minimum atomic E-state index is -0.577. The molecule has 0 atom stereocenters. The van der Waals surface area contributed by atoms with Crippen LogP contribution < -0.4 is 4.90 Å². The van der Waals surface area contributed by atoms with E-state index in [0.29, 0.717) is 0 Å². The maximum atomic E-state index is 10.9. The number of azo groups is 1. The molecule has 0 aliphatic rings. The van der Waals surface area contributed by atoms with E-state index in [1.165, 1.54) is 12.1 Å². The maximum Gasteiger partial charge on any atom is 0.271 e. The standard InChI is InChI=1S/C20H26N4O4/c1-3-5-11-23(12-6-4-2)15-7-9-17(20(26)14-15)21-22-18-13-16(24(27)28)8-10-19(18)25/h7-10,13-14,25-26H,3-6,11-12H2,1-2H3. The van der Waals surface area contributed by atoms with Gasteiger partial charge in [-0.3, -0.25) is 10.1 Å². The number of benzene rings is 2. The molecule has 0 aliphatic carbocycles. The van der Waals surface area contributed by atoms with Crippen molar-refractivity contribution in [3.8, 4) is 11.5 Å². The monoisotopic (exact) mass is 386 g/mol. The average Bonchev–Trinajstić information content (AvgIpc) is 2.68. The second kappa shape index (κ2) is 10.2. The summed E-state index contributed by atoms with van der Waals surface area (Å²) in [5.41, 5.74) is 0.899. The molecule has 0 amide bonds. The van der Waals surface area contributed by atoms with Gasteiger partial charge in [0, 0.05) is 37.0 Å². The highest BCUT2D eigenvalue weighted by molar-refractivity contribution is 5.62. The van der Waals surface area contributed by atoms with E-state index in [9.17, 15) is 20.3 Å². The number of phenolic OH excluding ortho intramolecular Hbond substituents is 2. The molecule has 0 saturated carbocycles. The van der Waals surface area contributed by atoms with Gasteiger partial charge < -0.3 is 15.1 Å². The lowest BCUT2D eigenvalue weighted by atomic mass is 10.2. The molecule has 2 rings (SSSR count). The molecule has 28 heavy (non-hydrogen) atoms. The highest BCUT2D eigenvalue weighted by Gasteiger charge is 2.11. The van der Waals surface area contributed by atoms with Crippen LogP contribution in [0.3, 0.4) is 0 Å². The molecule has 0 aliphatic heterocycles. The predicted molar refractivity (Wildman–Crippen MR) is 109 cm³/mol. The summed E-state index contributed by atoms with van der Waals surface area (Å²) in [6.07, 6.45) is 4.32. The smallest absolute Gasteiger partial charge is 0.271 e. The first-order chi connectivity index (χ1) is 13.5. The fourth-order valence-corrected chi connectivity index (χ4v) is 2.67. The third-order valence-electron chi connectivity index (χ3n) is 4.32. The average molecular weight is 386 g/mol. The van der Waals surface area contributed by atoms with Gasteiger partial charge in [-0.2, -0.15) is 0 Å². The van der Waals surface area contributed by atoms with Crippen molar-refractivity contribution in [3.05, 3.63) is 46.5 Å². The molecule has 8 nitrogen and oxygen atoms in total. The first kappa shape index (κ1) is 21.1. The topological polar surface area (TPSA) is 112 Å². The van der Waals surface area contributed by atoms with E-state index >= 15 is 0 Å². The SMILES string of the molecule is CCCCN(CCCC)c1ccc(N=Nc2cc([N+](=O)[O-])ccc2O)c(O)c1. The lowest BCUT2D eigenvalue weighted by Gasteiger charge is -2.25. The number of nitro groups is 1. The molecule has 0 radical (unpaired) electrons. The van der Waals surface area contributed by atoms with Crippen molar-refractivity contribution in [3.63, 3.8) is 0 Å². The number of aromatic hydroxyl groups is 2. The van der Waals surface area contributed by atoms with Crippen molar-refractivity contribution in [1.29, 1.82) is 0 Å². The lowest BCUT2D eigenvalue weighted by Crippen LogP contribution is -2.25. The van der Waals surface area contributed by atoms with Crippen LogP contribution >= 0.6 is 0 Å². The quantitative estimate of drug-likeness (QED) is 0.303. The number of nitrogens with zero attached hydrogens (tertiary/aromatic N) is 4. The van der Waals surface area contributed by atoms with Crippen molar-refractivity contribution in [2.75, 3.05) is 18.0 Å². The van der Waals surface area contributed by atoms with Crippen LogP contribution in [0.25, 0.3) is 0 Å². The maximum absolute atomic E-state index is 10.9. The fourth-order valence-electron chi connectivity index (χ4n) is 2.67. The first-order valence-electron chi connectivity index (χ1n) is 9.43. The van der Waals surface area contributed by atoms with Crippen molar-refractivity contribution in [2.24, 2.45) is 10.2 Å². The number of hydrogen-bond donors (Lipinski definition) is 2. The van der Waals surface area contributed by atoms with Crippen LogP contribution in [0.2, 0.25) is 0 Å². The molecule has 0 aromatic heterocycles. The Bertz CT molecular complexity index is 831. The van der Waals surface area contributed by atoms with Crippen molar-refractivity contribution < 1.29 is 15.1 Å². The largest absolute Gasteiger partial charge is 0.506 e. The summed E-state index contributed by atoms with van der Waals surface area (Å²) in [5.74, 6) is -0.264. The molecule has 2 aromatic carbocycles. The van der Waals surface area contributed by atoms with Crippen LogP contribution in [0.1, 0.15) is 39.5 Å². The van der Waals surface area contributed by atoms with E-state index in [4.69, 9.17) is 0 Å². The molecule has 8 heteroatoms. The van der Waals surface area contributed by atoms with Crippen molar-refractivity contribution in [1.82, 2.24) is 0 Å². The van der Waals surface area contributed by atoms with Crippen LogP contribution in [-0.2, 0) is 0 Å². The van der Waals surface area contributed by atoms with Gasteiger partial charge in [-0.15, -0.1) is 10.2 Å². The van der Waals surface area contributed by atoms with Crippen LogP contribution in [0.4, 0.5) is 22.7 Å². The third-order valence-corrected chi connectivity index (χ3v) is 4.32. The van der Waals surface area contributed by atoms with E-state index in [2.05, 4.69) is 29.0 Å². The summed E-state index contributed by atoms with van der Waals surface area (Å²) in [7, 11) is 0. The molecule has 0 fully saturated rings. The van der Waals surface area contributed by atoms with E-state index in [0.717, 1.165) is 50.5 Å². The van der Waals surface area contributed by atoms with Gasteiger partial charge in [0.15, 0.2) is 0 Å². The van der Waals surface area contributed by atoms with Gasteiger partial charge in [0.1, 0.15) is 22.9 Å². The molecule has 2 N–H and O–H groups in total. The number of unbranched alkanes of at least 4 members (excludes halogenated alkanes) is 2.